The standard InChI is InChI=1S/C27H32N4O5/c1-6-29(7-2)14-15-31-24(18-11-12-19(35-4)20(16-18)36-5)22(26(33)27(31)34)25(32)23-17(3)28-21-10-8-9-13-30(21)23/h8-13,16,24,32H,6-7,14-15H2,1-5H3. The summed E-state index contributed by atoms with van der Waals surface area (Å²) in [6, 6.07) is 9.78. The van der Waals surface area contributed by atoms with Crippen molar-refractivity contribution >= 4 is 23.1 Å². The summed E-state index contributed by atoms with van der Waals surface area (Å²) in [5, 5.41) is 14.0. The number of likely N-dealkylation sites (tertiary alicyclic amines) is 1. The zero-order valence-electron chi connectivity index (χ0n) is 21.3. The van der Waals surface area contributed by atoms with Gasteiger partial charge in [0, 0.05) is 11.8 Å². The molecule has 1 N–H and O–H groups in total. The summed E-state index contributed by atoms with van der Waals surface area (Å²) in [6.45, 7) is 8.67. The van der Waals surface area contributed by atoms with Crippen LogP contribution in [0.4, 0.5) is 0 Å². The lowest BCUT2D eigenvalue weighted by atomic mass is 9.96. The molecule has 1 aliphatic heterocycles. The van der Waals surface area contributed by atoms with Crippen LogP contribution in [0.1, 0.15) is 36.8 Å². The fourth-order valence-corrected chi connectivity index (χ4v) is 4.87. The summed E-state index contributed by atoms with van der Waals surface area (Å²) in [4.78, 5) is 34.0. The lowest BCUT2D eigenvalue weighted by Gasteiger charge is -2.29. The number of nitrogens with zero attached hydrogens (tertiary/aromatic N) is 3. The van der Waals surface area contributed by atoms with Crippen LogP contribution < -0.4 is 19.5 Å². The number of fused-ring (bicyclic) bond motifs is 1. The van der Waals surface area contributed by atoms with E-state index in [1.807, 2.05) is 6.07 Å². The quantitative estimate of drug-likeness (QED) is 0.270. The first-order valence-corrected chi connectivity index (χ1v) is 12.1. The van der Waals surface area contributed by atoms with Gasteiger partial charge >= 0.3 is 0 Å². The number of hydrogen-bond acceptors (Lipinski definition) is 6. The number of ether oxygens (including phenoxy) is 2. The molecule has 1 saturated heterocycles. The van der Waals surface area contributed by atoms with Crippen LogP contribution in [-0.4, -0.2) is 66.4 Å². The van der Waals surface area contributed by atoms with Gasteiger partial charge in [0.15, 0.2) is 11.5 Å². The van der Waals surface area contributed by atoms with Crippen molar-refractivity contribution in [3.8, 4) is 11.5 Å². The predicted octanol–water partition coefficient (Wildman–Crippen LogP) is 0.809. The third kappa shape index (κ3) is 4.30. The summed E-state index contributed by atoms with van der Waals surface area (Å²) < 4.78 is 12.5. The molecule has 1 amide bonds. The zero-order valence-corrected chi connectivity index (χ0v) is 21.3. The number of benzene rings is 1. The highest BCUT2D eigenvalue weighted by Gasteiger charge is 2.45. The number of Topliss-reactive ketones (excluding diaryl/α,β-unsaturated/α-hetero) is 1. The van der Waals surface area contributed by atoms with Gasteiger partial charge < -0.3 is 28.8 Å². The first kappa shape index (κ1) is 25.2. The number of aromatic nitrogens is 2. The number of carbonyl (C=O) groups excluding carboxylic acids is 2. The van der Waals surface area contributed by atoms with Gasteiger partial charge in [-0.3, -0.25) is 9.59 Å². The van der Waals surface area contributed by atoms with E-state index in [4.69, 9.17) is 9.47 Å². The Morgan fingerprint density at radius 2 is 1.81 bits per heavy atom. The lowest BCUT2D eigenvalue weighted by Crippen LogP contribution is -3.12. The van der Waals surface area contributed by atoms with Gasteiger partial charge in [0.2, 0.25) is 5.78 Å². The molecule has 1 unspecified atom stereocenters. The number of amides is 1. The van der Waals surface area contributed by atoms with Gasteiger partial charge in [-0.15, -0.1) is 0 Å². The number of aryl methyl sites for hydroxylation is 1. The minimum atomic E-state index is -0.846. The minimum Gasteiger partial charge on any atom is -0.871 e. The van der Waals surface area contributed by atoms with Crippen LogP contribution in [0.15, 0.2) is 48.2 Å². The van der Waals surface area contributed by atoms with Crippen LogP contribution in [0.3, 0.4) is 0 Å². The van der Waals surface area contributed by atoms with Crippen LogP contribution >= 0.6 is 0 Å². The van der Waals surface area contributed by atoms with Crippen molar-refractivity contribution in [2.75, 3.05) is 40.4 Å². The molecule has 4 rings (SSSR count). The Kier molecular flexibility index (Phi) is 7.30. The van der Waals surface area contributed by atoms with E-state index in [0.29, 0.717) is 41.5 Å². The number of quaternary nitrogens is 1. The van der Waals surface area contributed by atoms with Crippen molar-refractivity contribution in [3.63, 3.8) is 0 Å². The fraction of sp³-hybridized carbons (Fsp3) is 0.370. The number of methoxy groups -OCH3 is 2. The molecule has 1 fully saturated rings. The molecule has 3 aromatic rings. The van der Waals surface area contributed by atoms with Crippen molar-refractivity contribution in [1.29, 1.82) is 0 Å². The van der Waals surface area contributed by atoms with E-state index >= 15 is 0 Å². The normalized spacial score (nSPS) is 17.4. The molecule has 2 aromatic heterocycles. The summed E-state index contributed by atoms with van der Waals surface area (Å²) in [7, 11) is 3.06. The fourth-order valence-electron chi connectivity index (χ4n) is 4.87. The van der Waals surface area contributed by atoms with Gasteiger partial charge in [-0.25, -0.2) is 4.98 Å². The zero-order chi connectivity index (χ0) is 26.0. The number of rotatable bonds is 9. The Labute approximate surface area is 210 Å². The molecule has 3 heterocycles. The van der Waals surface area contributed by atoms with Gasteiger partial charge in [-0.2, -0.15) is 0 Å². The van der Waals surface area contributed by atoms with Crippen molar-refractivity contribution < 1.29 is 29.1 Å². The SMILES string of the molecule is CC[NH+](CC)CCN1C(=O)C(=O)C(=C([O-])c2c(C)nc3ccccn23)C1c1ccc(OC)c(OC)c1. The maximum absolute atomic E-state index is 14.0. The molecule has 0 aliphatic carbocycles. The monoisotopic (exact) mass is 492 g/mol. The van der Waals surface area contributed by atoms with Gasteiger partial charge in [0.05, 0.1) is 57.8 Å². The molecule has 0 saturated carbocycles. The summed E-state index contributed by atoms with van der Waals surface area (Å²) in [5.74, 6) is -0.978. The maximum Gasteiger partial charge on any atom is 0.295 e. The van der Waals surface area contributed by atoms with E-state index < -0.39 is 23.5 Å². The minimum absolute atomic E-state index is 0.0736. The van der Waals surface area contributed by atoms with Crippen LogP contribution in [0, 0.1) is 6.92 Å². The molecule has 0 radical (unpaired) electrons. The number of pyridine rings is 1. The molecule has 1 aromatic carbocycles. The number of ketones is 1. The molecule has 9 nitrogen and oxygen atoms in total. The summed E-state index contributed by atoms with van der Waals surface area (Å²) >= 11 is 0. The van der Waals surface area contributed by atoms with E-state index in [1.54, 1.807) is 47.9 Å². The third-order valence-electron chi connectivity index (χ3n) is 6.88. The van der Waals surface area contributed by atoms with Crippen molar-refractivity contribution in [2.24, 2.45) is 0 Å². The molecule has 190 valence electrons. The van der Waals surface area contributed by atoms with Crippen molar-refractivity contribution in [2.45, 2.75) is 26.8 Å². The average molecular weight is 493 g/mol. The molecule has 0 bridgehead atoms. The van der Waals surface area contributed by atoms with E-state index in [0.717, 1.165) is 13.1 Å². The molecule has 9 heteroatoms. The lowest BCUT2D eigenvalue weighted by molar-refractivity contribution is -0.895. The molecular weight excluding hydrogens is 460 g/mol. The highest BCUT2D eigenvalue weighted by Crippen LogP contribution is 2.41. The number of likely N-dealkylation sites (N-methyl/N-ethyl adjacent to an activating group) is 1. The van der Waals surface area contributed by atoms with Gasteiger partial charge in [-0.05, 0) is 50.6 Å². The van der Waals surface area contributed by atoms with Crippen LogP contribution in [0.5, 0.6) is 11.5 Å². The van der Waals surface area contributed by atoms with Gasteiger partial charge in [0.1, 0.15) is 5.65 Å². The second kappa shape index (κ2) is 10.4. The molecule has 1 atom stereocenters. The Morgan fingerprint density at radius 1 is 1.08 bits per heavy atom. The van der Waals surface area contributed by atoms with E-state index in [-0.39, 0.29) is 11.3 Å². The summed E-state index contributed by atoms with van der Waals surface area (Å²) in [5.41, 5.74) is 1.91. The first-order valence-electron chi connectivity index (χ1n) is 12.1. The first-order chi connectivity index (χ1) is 17.4. The Morgan fingerprint density at radius 3 is 2.47 bits per heavy atom. The number of nitrogens with one attached hydrogen (secondary N) is 1. The van der Waals surface area contributed by atoms with E-state index in [2.05, 4.69) is 18.8 Å². The van der Waals surface area contributed by atoms with Crippen molar-refractivity contribution in [3.05, 3.63) is 65.1 Å². The highest BCUT2D eigenvalue weighted by molar-refractivity contribution is 6.46. The van der Waals surface area contributed by atoms with Crippen molar-refractivity contribution in [1.82, 2.24) is 14.3 Å². The smallest absolute Gasteiger partial charge is 0.295 e. The third-order valence-corrected chi connectivity index (χ3v) is 6.88. The van der Waals surface area contributed by atoms with Gasteiger partial charge in [0.25, 0.3) is 5.91 Å². The largest absolute Gasteiger partial charge is 0.871 e. The maximum atomic E-state index is 14.0. The van der Waals surface area contributed by atoms with Crippen LogP contribution in [0.25, 0.3) is 11.4 Å². The molecular formula is C27H32N4O5. The number of hydrogen-bond donors (Lipinski definition) is 1. The molecule has 0 spiro atoms. The number of carbonyl (C=O) groups is 2. The van der Waals surface area contributed by atoms with E-state index in [1.165, 1.54) is 24.0 Å². The number of imidazole rings is 1. The summed E-state index contributed by atoms with van der Waals surface area (Å²) in [6.07, 6.45) is 1.73. The average Bonchev–Trinajstić information content (AvgIpc) is 3.36. The molecule has 1 aliphatic rings. The second-order valence-electron chi connectivity index (χ2n) is 8.77. The highest BCUT2D eigenvalue weighted by atomic mass is 16.5. The second-order valence-corrected chi connectivity index (χ2v) is 8.77. The predicted molar refractivity (Wildman–Crippen MR) is 133 cm³/mol. The van der Waals surface area contributed by atoms with E-state index in [9.17, 15) is 14.7 Å². The van der Waals surface area contributed by atoms with Gasteiger partial charge in [-0.1, -0.05) is 17.9 Å². The van der Waals surface area contributed by atoms with Crippen LogP contribution in [-0.2, 0) is 9.59 Å². The molecule has 36 heavy (non-hydrogen) atoms. The van der Waals surface area contributed by atoms with Crippen LogP contribution in [0.2, 0.25) is 0 Å². The topological polar surface area (TPSA) is 101 Å². The Hall–Kier alpha value is -3.85. The Bertz CT molecular complexity index is 1320. The Balaban J connectivity index is 1.91.